The Morgan fingerprint density at radius 3 is 2.17 bits per heavy atom. The number of carbonyl (C=O) groups excluding carboxylic acids is 2. The maximum absolute atomic E-state index is 14.2. The summed E-state index contributed by atoms with van der Waals surface area (Å²) in [5, 5.41) is 11.3. The first-order valence-electron chi connectivity index (χ1n) is 14.4. The van der Waals surface area contributed by atoms with Crippen molar-refractivity contribution in [3.63, 3.8) is 0 Å². The first-order valence-corrected chi connectivity index (χ1v) is 14.8. The van der Waals surface area contributed by atoms with Gasteiger partial charge in [0.1, 0.15) is 5.75 Å². The summed E-state index contributed by atoms with van der Waals surface area (Å²) in [5.41, 5.74) is -2.73. The minimum Gasteiger partial charge on any atom is -0.494 e. The molecule has 230 valence electrons. The average Bonchev–Trinajstić information content (AvgIpc) is 2.96. The van der Waals surface area contributed by atoms with E-state index in [0.717, 1.165) is 55.1 Å². The lowest BCUT2D eigenvalue weighted by atomic mass is 9.82. The molecule has 0 radical (unpaired) electrons. The molecule has 0 spiro atoms. The van der Waals surface area contributed by atoms with Gasteiger partial charge >= 0.3 is 6.18 Å². The molecule has 0 saturated carbocycles. The van der Waals surface area contributed by atoms with Crippen LogP contribution in [0.2, 0.25) is 5.02 Å². The summed E-state index contributed by atoms with van der Waals surface area (Å²) in [6.45, 7) is 3.98. The highest BCUT2D eigenvalue weighted by Gasteiger charge is 2.62. The van der Waals surface area contributed by atoms with Gasteiger partial charge in [0.05, 0.1) is 17.2 Å². The summed E-state index contributed by atoms with van der Waals surface area (Å²) < 4.78 is 47.9. The summed E-state index contributed by atoms with van der Waals surface area (Å²) in [7, 11) is 3.37. The third-order valence-electron chi connectivity index (χ3n) is 8.42. The number of hydrogen-bond donors (Lipinski definition) is 1. The number of anilines is 1. The topological polar surface area (TPSA) is 73.3 Å². The third-order valence-corrected chi connectivity index (χ3v) is 8.73. The maximum Gasteiger partial charge on any atom is 0.430 e. The number of ether oxygens (including phenoxy) is 1. The number of amides is 2. The van der Waals surface area contributed by atoms with Crippen molar-refractivity contribution >= 4 is 29.1 Å². The van der Waals surface area contributed by atoms with E-state index in [-0.39, 0.29) is 31.4 Å². The smallest absolute Gasteiger partial charge is 0.430 e. The number of piperidine rings is 2. The van der Waals surface area contributed by atoms with E-state index in [9.17, 15) is 27.9 Å². The Balaban J connectivity index is 1.31. The number of carbonyl (C=O) groups is 2. The van der Waals surface area contributed by atoms with Crippen LogP contribution >= 0.6 is 11.6 Å². The first kappa shape index (κ1) is 31.9. The predicted molar refractivity (Wildman–Crippen MR) is 156 cm³/mol. The molecule has 0 bridgehead atoms. The van der Waals surface area contributed by atoms with Gasteiger partial charge in [-0.05, 0) is 81.2 Å². The van der Waals surface area contributed by atoms with Gasteiger partial charge in [0.15, 0.2) is 0 Å². The quantitative estimate of drug-likeness (QED) is 0.414. The molecule has 2 fully saturated rings. The lowest BCUT2D eigenvalue weighted by molar-refractivity contribution is -0.262. The van der Waals surface area contributed by atoms with Gasteiger partial charge in [-0.15, -0.1) is 0 Å². The molecule has 4 rings (SSSR count). The third kappa shape index (κ3) is 6.80. The monoisotopic (exact) mass is 609 g/mol. The molecule has 2 aromatic carbocycles. The van der Waals surface area contributed by atoms with Crippen molar-refractivity contribution < 1.29 is 32.6 Å². The largest absolute Gasteiger partial charge is 0.494 e. The summed E-state index contributed by atoms with van der Waals surface area (Å²) in [6, 6.07) is 10.5. The zero-order valence-electron chi connectivity index (χ0n) is 24.3. The summed E-state index contributed by atoms with van der Waals surface area (Å²) in [4.78, 5) is 30.4. The van der Waals surface area contributed by atoms with Crippen LogP contribution in [-0.2, 0) is 10.4 Å². The fourth-order valence-corrected chi connectivity index (χ4v) is 6.26. The molecule has 0 aromatic heterocycles. The predicted octanol–water partition coefficient (Wildman–Crippen LogP) is 5.74. The Labute approximate surface area is 250 Å². The summed E-state index contributed by atoms with van der Waals surface area (Å²) in [5.74, 6) is -0.539. The molecular weight excluding hydrogens is 571 g/mol. The number of alkyl halides is 3. The van der Waals surface area contributed by atoms with Gasteiger partial charge in [0, 0.05) is 51.5 Å². The van der Waals surface area contributed by atoms with Crippen LogP contribution < -0.4 is 9.64 Å². The van der Waals surface area contributed by atoms with Gasteiger partial charge in [0.25, 0.3) is 17.4 Å². The van der Waals surface area contributed by atoms with E-state index in [0.29, 0.717) is 35.3 Å². The first-order chi connectivity index (χ1) is 19.8. The maximum atomic E-state index is 14.2. The Morgan fingerprint density at radius 2 is 1.62 bits per heavy atom. The molecule has 1 N–H and O–H groups in total. The summed E-state index contributed by atoms with van der Waals surface area (Å²) in [6.07, 6.45) is -1.11. The second kappa shape index (κ2) is 13.1. The molecule has 11 heteroatoms. The number of hydrogen-bond acceptors (Lipinski definition) is 5. The number of likely N-dealkylation sites (tertiary alicyclic amines) is 1. The van der Waals surface area contributed by atoms with Crippen molar-refractivity contribution in [2.45, 2.75) is 50.8 Å². The molecular formula is C31H39ClF3N3O4. The second-order valence-electron chi connectivity index (χ2n) is 11.4. The van der Waals surface area contributed by atoms with Crippen molar-refractivity contribution in [1.82, 2.24) is 9.80 Å². The van der Waals surface area contributed by atoms with Crippen molar-refractivity contribution in [1.29, 1.82) is 0 Å². The van der Waals surface area contributed by atoms with Crippen LogP contribution in [0.1, 0.15) is 54.9 Å². The van der Waals surface area contributed by atoms with Gasteiger partial charge in [-0.3, -0.25) is 9.59 Å². The normalized spacial score (nSPS) is 18.5. The Kier molecular flexibility index (Phi) is 9.98. The average molecular weight is 610 g/mol. The molecule has 0 aliphatic carbocycles. The van der Waals surface area contributed by atoms with E-state index < -0.39 is 23.2 Å². The molecule has 1 atom stereocenters. The van der Waals surface area contributed by atoms with Crippen molar-refractivity contribution in [2.75, 3.05) is 51.8 Å². The number of halogens is 4. The van der Waals surface area contributed by atoms with E-state index in [1.165, 1.54) is 17.0 Å². The number of rotatable bonds is 8. The Hall–Kier alpha value is -2.98. The van der Waals surface area contributed by atoms with Gasteiger partial charge in [0.2, 0.25) is 0 Å². The molecule has 2 saturated heterocycles. The second-order valence-corrected chi connectivity index (χ2v) is 11.8. The lowest BCUT2D eigenvalue weighted by Gasteiger charge is -2.40. The Morgan fingerprint density at radius 1 is 1.00 bits per heavy atom. The fraction of sp³-hybridized carbons (Fsp3) is 0.548. The molecule has 2 heterocycles. The molecule has 2 aliphatic heterocycles. The van der Waals surface area contributed by atoms with Crippen LogP contribution in [0, 0.1) is 11.8 Å². The standard InChI is InChI=1S/C31H39ClF3N3O4/c1-4-42-25-7-5-6-23(19-25)30(41,31(33,34)35)29(40)38-16-12-22(13-17-38)18-21-10-14-37(15-11-21)24-8-9-26(27(32)20-24)28(39)36(2)3/h5-9,19-22,41H,4,10-18H2,1-3H3/t30-/m1/s1. The highest BCUT2D eigenvalue weighted by molar-refractivity contribution is 6.34. The molecule has 42 heavy (non-hydrogen) atoms. The van der Waals surface area contributed by atoms with E-state index in [1.807, 2.05) is 12.1 Å². The fourth-order valence-electron chi connectivity index (χ4n) is 6.00. The van der Waals surface area contributed by atoms with Crippen molar-refractivity contribution in [3.05, 3.63) is 58.6 Å². The number of aliphatic hydroxyl groups is 1. The highest BCUT2D eigenvalue weighted by atomic mass is 35.5. The lowest BCUT2D eigenvalue weighted by Crippen LogP contribution is -2.57. The molecule has 2 aliphatic rings. The zero-order valence-corrected chi connectivity index (χ0v) is 25.0. The van der Waals surface area contributed by atoms with Gasteiger partial charge in [-0.1, -0.05) is 23.7 Å². The highest BCUT2D eigenvalue weighted by Crippen LogP contribution is 2.42. The molecule has 7 nitrogen and oxygen atoms in total. The summed E-state index contributed by atoms with van der Waals surface area (Å²) >= 11 is 6.40. The number of nitrogens with zero attached hydrogens (tertiary/aromatic N) is 3. The van der Waals surface area contributed by atoms with Crippen LogP contribution in [0.15, 0.2) is 42.5 Å². The van der Waals surface area contributed by atoms with E-state index in [1.54, 1.807) is 27.1 Å². The molecule has 2 aromatic rings. The van der Waals surface area contributed by atoms with Crippen molar-refractivity contribution in [2.24, 2.45) is 11.8 Å². The van der Waals surface area contributed by atoms with Crippen LogP contribution in [0.3, 0.4) is 0 Å². The van der Waals surface area contributed by atoms with Gasteiger partial charge in [-0.25, -0.2) is 0 Å². The van der Waals surface area contributed by atoms with E-state index >= 15 is 0 Å². The van der Waals surface area contributed by atoms with Crippen LogP contribution in [0.5, 0.6) is 5.75 Å². The van der Waals surface area contributed by atoms with Gasteiger partial charge < -0.3 is 24.5 Å². The van der Waals surface area contributed by atoms with Crippen LogP contribution in [0.25, 0.3) is 0 Å². The Bertz CT molecular complexity index is 1260. The molecule has 2 amide bonds. The number of benzene rings is 2. The minimum absolute atomic E-state index is 0.142. The zero-order chi connectivity index (χ0) is 30.7. The van der Waals surface area contributed by atoms with E-state index in [2.05, 4.69) is 4.90 Å². The van der Waals surface area contributed by atoms with Crippen molar-refractivity contribution in [3.8, 4) is 5.75 Å². The van der Waals surface area contributed by atoms with Crippen LogP contribution in [-0.4, -0.2) is 79.8 Å². The van der Waals surface area contributed by atoms with Crippen LogP contribution in [0.4, 0.5) is 18.9 Å². The SMILES string of the molecule is CCOc1cccc([C@@](O)(C(=O)N2CCC(CC3CCN(c4ccc(C(=O)N(C)C)c(Cl)c4)CC3)CC2)C(F)(F)F)c1. The van der Waals surface area contributed by atoms with Gasteiger partial charge in [-0.2, -0.15) is 13.2 Å². The molecule has 0 unspecified atom stereocenters. The minimum atomic E-state index is -5.19. The van der Waals surface area contributed by atoms with E-state index in [4.69, 9.17) is 16.3 Å².